The highest BCUT2D eigenvalue weighted by Crippen LogP contribution is 2.38. The Hall–Kier alpha value is -1.26. The van der Waals surface area contributed by atoms with E-state index in [1.807, 2.05) is 13.1 Å². The first-order valence-corrected chi connectivity index (χ1v) is 7.82. The van der Waals surface area contributed by atoms with Crippen molar-refractivity contribution in [3.8, 4) is 11.5 Å². The molecular formula is C17H27NO3. The Bertz CT molecular complexity index is 449. The Morgan fingerprint density at radius 2 is 1.86 bits per heavy atom. The smallest absolute Gasteiger partial charge is 0.161 e. The lowest BCUT2D eigenvalue weighted by atomic mass is 9.83. The zero-order chi connectivity index (χ0) is 15.3. The summed E-state index contributed by atoms with van der Waals surface area (Å²) < 4.78 is 17.4. The highest BCUT2D eigenvalue weighted by molar-refractivity contribution is 5.44. The monoisotopic (exact) mass is 293 g/mol. The summed E-state index contributed by atoms with van der Waals surface area (Å²) in [6.07, 6.45) is 2.81. The fraction of sp³-hybridized carbons (Fsp3) is 0.647. The van der Waals surface area contributed by atoms with Crippen LogP contribution in [0.15, 0.2) is 18.2 Å². The lowest BCUT2D eigenvalue weighted by molar-refractivity contribution is -0.0468. The number of ether oxygens (including phenoxy) is 3. The molecule has 0 amide bonds. The third kappa shape index (κ3) is 3.16. The molecule has 1 aromatic carbocycles. The fourth-order valence-electron chi connectivity index (χ4n) is 3.16. The zero-order valence-electron chi connectivity index (χ0n) is 13.6. The van der Waals surface area contributed by atoms with Crippen molar-refractivity contribution in [1.29, 1.82) is 0 Å². The van der Waals surface area contributed by atoms with E-state index >= 15 is 0 Å². The van der Waals surface area contributed by atoms with E-state index in [9.17, 15) is 0 Å². The third-order valence-electron chi connectivity index (χ3n) is 4.52. The van der Waals surface area contributed by atoms with Crippen LogP contribution in [0, 0.1) is 0 Å². The lowest BCUT2D eigenvalue weighted by Gasteiger charge is -2.38. The van der Waals surface area contributed by atoms with E-state index in [2.05, 4.69) is 31.3 Å². The van der Waals surface area contributed by atoms with Crippen molar-refractivity contribution in [2.45, 2.75) is 44.8 Å². The van der Waals surface area contributed by atoms with Gasteiger partial charge in [-0.3, -0.25) is 0 Å². The number of rotatable bonds is 6. The highest BCUT2D eigenvalue weighted by atomic mass is 16.5. The van der Waals surface area contributed by atoms with E-state index < -0.39 is 0 Å². The minimum atomic E-state index is -0.214. The summed E-state index contributed by atoms with van der Waals surface area (Å²) in [4.78, 5) is 0. The molecule has 0 fully saturated rings. The molecule has 0 aromatic heterocycles. The van der Waals surface area contributed by atoms with Crippen molar-refractivity contribution in [1.82, 2.24) is 5.32 Å². The number of benzene rings is 1. The Morgan fingerprint density at radius 3 is 2.43 bits per heavy atom. The van der Waals surface area contributed by atoms with Gasteiger partial charge < -0.3 is 19.5 Å². The second-order valence-corrected chi connectivity index (χ2v) is 5.45. The number of nitrogens with one attached hydrogen (secondary N) is 1. The van der Waals surface area contributed by atoms with Crippen molar-refractivity contribution in [2.75, 3.05) is 27.4 Å². The summed E-state index contributed by atoms with van der Waals surface area (Å²) >= 11 is 0. The van der Waals surface area contributed by atoms with E-state index in [0.29, 0.717) is 13.2 Å². The molecule has 0 saturated heterocycles. The van der Waals surface area contributed by atoms with Crippen molar-refractivity contribution < 1.29 is 14.2 Å². The third-order valence-corrected chi connectivity index (χ3v) is 4.52. The molecule has 1 unspecified atom stereocenters. The number of fused-ring (bicyclic) bond motifs is 1. The first-order valence-electron chi connectivity index (χ1n) is 7.82. The first-order chi connectivity index (χ1) is 10.2. The average molecular weight is 293 g/mol. The van der Waals surface area contributed by atoms with Gasteiger partial charge in [0.1, 0.15) is 0 Å². The molecular weight excluding hydrogens is 266 g/mol. The van der Waals surface area contributed by atoms with Crippen LogP contribution in [0.25, 0.3) is 0 Å². The largest absolute Gasteiger partial charge is 0.490 e. The second-order valence-electron chi connectivity index (χ2n) is 5.45. The van der Waals surface area contributed by atoms with Crippen molar-refractivity contribution >= 4 is 0 Å². The molecule has 21 heavy (non-hydrogen) atoms. The summed E-state index contributed by atoms with van der Waals surface area (Å²) in [5.41, 5.74) is 0.960. The average Bonchev–Trinajstić information content (AvgIpc) is 2.77. The quantitative estimate of drug-likeness (QED) is 0.873. The van der Waals surface area contributed by atoms with Crippen LogP contribution >= 0.6 is 0 Å². The molecule has 1 atom stereocenters. The van der Waals surface area contributed by atoms with Crippen LogP contribution in [0.5, 0.6) is 11.5 Å². The van der Waals surface area contributed by atoms with Gasteiger partial charge in [0.25, 0.3) is 0 Å². The second kappa shape index (κ2) is 7.14. The minimum Gasteiger partial charge on any atom is -0.490 e. The maximum absolute atomic E-state index is 5.88. The molecule has 1 N–H and O–H groups in total. The highest BCUT2D eigenvalue weighted by Gasteiger charge is 2.36. The molecule has 0 spiro atoms. The number of methoxy groups -OCH3 is 1. The van der Waals surface area contributed by atoms with Gasteiger partial charge in [0, 0.05) is 13.5 Å². The van der Waals surface area contributed by atoms with E-state index in [4.69, 9.17) is 14.2 Å². The van der Waals surface area contributed by atoms with Crippen molar-refractivity contribution in [3.63, 3.8) is 0 Å². The summed E-state index contributed by atoms with van der Waals surface area (Å²) in [6, 6.07) is 6.32. The maximum Gasteiger partial charge on any atom is 0.161 e. The molecule has 0 saturated carbocycles. The SMILES string of the molecule is CCC(CC)(OC)C(NC)c1ccc2c(c1)OCCCO2. The Kier molecular flexibility index (Phi) is 5.48. The molecule has 1 heterocycles. The standard InChI is InChI=1S/C17H27NO3/c1-5-17(6-2,19-4)16(18-3)13-8-9-14-15(12-13)21-11-7-10-20-14/h8-9,12,16,18H,5-7,10-11H2,1-4H3. The molecule has 1 aliphatic heterocycles. The predicted octanol–water partition coefficient (Wildman–Crippen LogP) is 3.31. The molecule has 118 valence electrons. The van der Waals surface area contributed by atoms with Gasteiger partial charge in [-0.2, -0.15) is 0 Å². The van der Waals surface area contributed by atoms with Gasteiger partial charge in [-0.1, -0.05) is 19.9 Å². The first kappa shape index (κ1) is 16.1. The normalized spacial score (nSPS) is 16.4. The van der Waals surface area contributed by atoms with Crippen LogP contribution in [-0.4, -0.2) is 33.0 Å². The summed E-state index contributed by atoms with van der Waals surface area (Å²) in [6.45, 7) is 5.76. The molecule has 4 heteroatoms. The molecule has 2 rings (SSSR count). The van der Waals surface area contributed by atoms with E-state index in [1.54, 1.807) is 7.11 Å². The Morgan fingerprint density at radius 1 is 1.19 bits per heavy atom. The topological polar surface area (TPSA) is 39.7 Å². The number of likely N-dealkylation sites (N-methyl/N-ethyl adjacent to an activating group) is 1. The summed E-state index contributed by atoms with van der Waals surface area (Å²) in [5.74, 6) is 1.67. The van der Waals surface area contributed by atoms with E-state index in [0.717, 1.165) is 30.8 Å². The van der Waals surface area contributed by atoms with Crippen molar-refractivity contribution in [2.24, 2.45) is 0 Å². The van der Waals surface area contributed by atoms with Gasteiger partial charge >= 0.3 is 0 Å². The van der Waals surface area contributed by atoms with Crippen LogP contribution in [0.2, 0.25) is 0 Å². The molecule has 4 nitrogen and oxygen atoms in total. The molecule has 0 aliphatic carbocycles. The van der Waals surface area contributed by atoms with Gasteiger partial charge in [0.05, 0.1) is 24.9 Å². The van der Waals surface area contributed by atoms with Crippen LogP contribution in [0.1, 0.15) is 44.7 Å². The Balaban J connectivity index is 2.36. The van der Waals surface area contributed by atoms with E-state index in [-0.39, 0.29) is 11.6 Å². The van der Waals surface area contributed by atoms with Gasteiger partial charge in [-0.05, 0) is 37.6 Å². The zero-order valence-corrected chi connectivity index (χ0v) is 13.6. The number of hydrogen-bond acceptors (Lipinski definition) is 4. The van der Waals surface area contributed by atoms with Gasteiger partial charge in [0.15, 0.2) is 11.5 Å². The van der Waals surface area contributed by atoms with Crippen LogP contribution in [0.4, 0.5) is 0 Å². The van der Waals surface area contributed by atoms with Gasteiger partial charge in [-0.25, -0.2) is 0 Å². The van der Waals surface area contributed by atoms with E-state index in [1.165, 1.54) is 5.56 Å². The van der Waals surface area contributed by atoms with Gasteiger partial charge in [-0.15, -0.1) is 0 Å². The van der Waals surface area contributed by atoms with Crippen LogP contribution in [0.3, 0.4) is 0 Å². The Labute approximate surface area is 127 Å². The molecule has 0 radical (unpaired) electrons. The minimum absolute atomic E-state index is 0.120. The van der Waals surface area contributed by atoms with Crippen LogP contribution in [-0.2, 0) is 4.74 Å². The predicted molar refractivity (Wildman–Crippen MR) is 84.2 cm³/mol. The molecule has 0 bridgehead atoms. The van der Waals surface area contributed by atoms with Crippen LogP contribution < -0.4 is 14.8 Å². The van der Waals surface area contributed by atoms with Gasteiger partial charge in [0.2, 0.25) is 0 Å². The number of hydrogen-bond donors (Lipinski definition) is 1. The summed E-state index contributed by atoms with van der Waals surface area (Å²) in [7, 11) is 3.77. The lowest BCUT2D eigenvalue weighted by Crippen LogP contribution is -2.43. The molecule has 1 aromatic rings. The summed E-state index contributed by atoms with van der Waals surface area (Å²) in [5, 5.41) is 3.41. The molecule has 1 aliphatic rings. The fourth-order valence-corrected chi connectivity index (χ4v) is 3.16. The maximum atomic E-state index is 5.88. The van der Waals surface area contributed by atoms with Crippen molar-refractivity contribution in [3.05, 3.63) is 23.8 Å².